The second-order valence-electron chi connectivity index (χ2n) is 8.73. The van der Waals surface area contributed by atoms with Crippen LogP contribution in [-0.2, 0) is 19.8 Å². The zero-order chi connectivity index (χ0) is 27.6. The fourth-order valence-corrected chi connectivity index (χ4v) is 4.16. The van der Waals surface area contributed by atoms with Crippen LogP contribution in [0.3, 0.4) is 0 Å². The summed E-state index contributed by atoms with van der Waals surface area (Å²) in [7, 11) is 1.83. The third-order valence-corrected chi connectivity index (χ3v) is 6.52. The van der Waals surface area contributed by atoms with Crippen LogP contribution in [0.2, 0.25) is 5.02 Å². The summed E-state index contributed by atoms with van der Waals surface area (Å²) in [6.45, 7) is 4.53. The van der Waals surface area contributed by atoms with Gasteiger partial charge in [-0.1, -0.05) is 22.9 Å². The molecule has 0 radical (unpaired) electrons. The van der Waals surface area contributed by atoms with E-state index in [0.717, 1.165) is 22.9 Å². The Hall–Kier alpha value is -3.74. The lowest BCUT2D eigenvalue weighted by Gasteiger charge is -2.16. The number of hydrogen-bond acceptors (Lipinski definition) is 6. The number of aryl methyl sites for hydroxylation is 2. The molecule has 200 valence electrons. The third-order valence-electron chi connectivity index (χ3n) is 6.07. The van der Waals surface area contributed by atoms with Gasteiger partial charge < -0.3 is 16.4 Å². The second-order valence-corrected chi connectivity index (χ2v) is 9.11. The van der Waals surface area contributed by atoms with Crippen molar-refractivity contribution in [3.05, 3.63) is 75.7 Å². The van der Waals surface area contributed by atoms with Gasteiger partial charge in [0, 0.05) is 49.2 Å². The normalized spacial score (nSPS) is 11.7. The Kier molecular flexibility index (Phi) is 7.86. The fourth-order valence-electron chi connectivity index (χ4n) is 3.87. The number of halogens is 4. The standard InChI is InChI=1S/C25H26ClF3N8O/c1-14-4-5-16(9-22(14)37-13-21(34-35-37)19-12-32-36(3)15(19)2)24(38)33-18-8-17(11-31-7-6-30)23(26)20(10-18)25(27,28)29/h4-5,8-10,12-13,31H,6-7,11,30H2,1-3H3,(H,33,38). The maximum Gasteiger partial charge on any atom is 0.417 e. The van der Waals surface area contributed by atoms with Gasteiger partial charge in [-0.25, -0.2) is 4.68 Å². The molecule has 38 heavy (non-hydrogen) atoms. The molecule has 13 heteroatoms. The molecule has 0 saturated heterocycles. The molecule has 9 nitrogen and oxygen atoms in total. The second kappa shape index (κ2) is 10.9. The van der Waals surface area contributed by atoms with Crippen LogP contribution in [0.25, 0.3) is 16.9 Å². The maximum atomic E-state index is 13.6. The third kappa shape index (κ3) is 5.72. The Morgan fingerprint density at radius 2 is 1.95 bits per heavy atom. The van der Waals surface area contributed by atoms with Crippen LogP contribution in [0.15, 0.2) is 42.7 Å². The van der Waals surface area contributed by atoms with Crippen LogP contribution in [0.4, 0.5) is 18.9 Å². The lowest BCUT2D eigenvalue weighted by atomic mass is 10.1. The van der Waals surface area contributed by atoms with Crippen LogP contribution >= 0.6 is 11.6 Å². The first-order valence-electron chi connectivity index (χ1n) is 11.6. The van der Waals surface area contributed by atoms with E-state index < -0.39 is 22.7 Å². The molecule has 4 N–H and O–H groups in total. The number of nitrogens with two attached hydrogens (primary N) is 1. The van der Waals surface area contributed by atoms with Gasteiger partial charge in [-0.15, -0.1) is 5.10 Å². The Morgan fingerprint density at radius 3 is 2.61 bits per heavy atom. The van der Waals surface area contributed by atoms with Gasteiger partial charge in [0.25, 0.3) is 5.91 Å². The van der Waals surface area contributed by atoms with E-state index in [-0.39, 0.29) is 23.4 Å². The predicted octanol–water partition coefficient (Wildman–Crippen LogP) is 4.26. The SMILES string of the molecule is Cc1ccc(C(=O)Nc2cc(CNCCN)c(Cl)c(C(F)(F)F)c2)cc1-n1cc(-c2cnn(C)c2C)nn1. The zero-order valence-electron chi connectivity index (χ0n) is 20.9. The minimum absolute atomic E-state index is 0.0338. The molecule has 0 saturated carbocycles. The van der Waals surface area contributed by atoms with E-state index in [0.29, 0.717) is 24.5 Å². The topological polar surface area (TPSA) is 116 Å². The van der Waals surface area contributed by atoms with Gasteiger partial charge in [0.05, 0.1) is 28.7 Å². The molecular formula is C25H26ClF3N8O. The molecule has 1 amide bonds. The van der Waals surface area contributed by atoms with E-state index in [1.807, 2.05) is 20.9 Å². The van der Waals surface area contributed by atoms with Gasteiger partial charge in [-0.3, -0.25) is 9.48 Å². The van der Waals surface area contributed by atoms with Crippen molar-refractivity contribution in [1.82, 2.24) is 30.1 Å². The average Bonchev–Trinajstić information content (AvgIpc) is 3.47. The zero-order valence-corrected chi connectivity index (χ0v) is 21.7. The Balaban J connectivity index is 1.63. The summed E-state index contributed by atoms with van der Waals surface area (Å²) in [5, 5.41) is 17.7. The number of benzene rings is 2. The lowest BCUT2D eigenvalue weighted by Crippen LogP contribution is -2.23. The number of alkyl halides is 3. The Labute approximate surface area is 221 Å². The van der Waals surface area contributed by atoms with Crippen molar-refractivity contribution in [2.24, 2.45) is 12.8 Å². The summed E-state index contributed by atoms with van der Waals surface area (Å²) in [6, 6.07) is 7.15. The highest BCUT2D eigenvalue weighted by molar-refractivity contribution is 6.32. The van der Waals surface area contributed by atoms with E-state index in [2.05, 4.69) is 26.0 Å². The minimum Gasteiger partial charge on any atom is -0.329 e. The van der Waals surface area contributed by atoms with Crippen molar-refractivity contribution in [2.45, 2.75) is 26.6 Å². The van der Waals surface area contributed by atoms with E-state index in [1.54, 1.807) is 40.0 Å². The molecule has 2 aromatic heterocycles. The number of anilines is 1. The van der Waals surface area contributed by atoms with Crippen LogP contribution in [-0.4, -0.2) is 43.8 Å². The molecule has 0 aliphatic carbocycles. The van der Waals surface area contributed by atoms with E-state index in [1.165, 1.54) is 6.07 Å². The summed E-state index contributed by atoms with van der Waals surface area (Å²) in [5.74, 6) is -0.592. The molecule has 2 aromatic carbocycles. The molecule has 0 unspecified atom stereocenters. The Bertz CT molecular complexity index is 1480. The maximum absolute atomic E-state index is 13.6. The monoisotopic (exact) mass is 546 g/mol. The number of nitrogens with zero attached hydrogens (tertiary/aromatic N) is 5. The highest BCUT2D eigenvalue weighted by atomic mass is 35.5. The molecule has 0 atom stereocenters. The van der Waals surface area contributed by atoms with Crippen molar-refractivity contribution in [3.8, 4) is 16.9 Å². The molecule has 4 aromatic rings. The number of nitrogens with one attached hydrogen (secondary N) is 2. The molecular weight excluding hydrogens is 521 g/mol. The van der Waals surface area contributed by atoms with Crippen molar-refractivity contribution in [2.75, 3.05) is 18.4 Å². The largest absolute Gasteiger partial charge is 0.417 e. The van der Waals surface area contributed by atoms with Crippen LogP contribution in [0, 0.1) is 13.8 Å². The van der Waals surface area contributed by atoms with E-state index in [4.69, 9.17) is 17.3 Å². The van der Waals surface area contributed by atoms with E-state index >= 15 is 0 Å². The molecule has 0 fully saturated rings. The number of carbonyl (C=O) groups is 1. The number of carbonyl (C=O) groups excluding carboxylic acids is 1. The smallest absolute Gasteiger partial charge is 0.329 e. The first-order valence-corrected chi connectivity index (χ1v) is 12.0. The quantitative estimate of drug-likeness (QED) is 0.284. The molecule has 0 aliphatic heterocycles. The van der Waals surface area contributed by atoms with Gasteiger partial charge >= 0.3 is 6.18 Å². The van der Waals surface area contributed by atoms with Crippen LogP contribution < -0.4 is 16.4 Å². The molecule has 4 rings (SSSR count). The predicted molar refractivity (Wildman–Crippen MR) is 138 cm³/mol. The number of hydrogen-bond donors (Lipinski definition) is 3. The molecule has 0 spiro atoms. The summed E-state index contributed by atoms with van der Waals surface area (Å²) >= 11 is 6.04. The van der Waals surface area contributed by atoms with Gasteiger partial charge in [-0.2, -0.15) is 18.3 Å². The average molecular weight is 547 g/mol. The lowest BCUT2D eigenvalue weighted by molar-refractivity contribution is -0.137. The minimum atomic E-state index is -4.70. The number of aromatic nitrogens is 5. The highest BCUT2D eigenvalue weighted by Gasteiger charge is 2.34. The van der Waals surface area contributed by atoms with Crippen molar-refractivity contribution in [3.63, 3.8) is 0 Å². The molecule has 2 heterocycles. The van der Waals surface area contributed by atoms with Crippen LogP contribution in [0.1, 0.15) is 32.7 Å². The van der Waals surface area contributed by atoms with Crippen molar-refractivity contribution >= 4 is 23.2 Å². The van der Waals surface area contributed by atoms with Crippen LogP contribution in [0.5, 0.6) is 0 Å². The molecule has 0 aliphatic rings. The van der Waals surface area contributed by atoms with Gasteiger partial charge in [0.2, 0.25) is 0 Å². The summed E-state index contributed by atoms with van der Waals surface area (Å²) in [6.07, 6.45) is -1.28. The van der Waals surface area contributed by atoms with Gasteiger partial charge in [-0.05, 0) is 49.2 Å². The highest BCUT2D eigenvalue weighted by Crippen LogP contribution is 2.38. The first-order chi connectivity index (χ1) is 18.0. The van der Waals surface area contributed by atoms with Gasteiger partial charge in [0.1, 0.15) is 5.69 Å². The van der Waals surface area contributed by atoms with Crippen molar-refractivity contribution in [1.29, 1.82) is 0 Å². The fraction of sp³-hybridized carbons (Fsp3) is 0.280. The number of rotatable bonds is 8. The number of amides is 1. The Morgan fingerprint density at radius 1 is 1.18 bits per heavy atom. The van der Waals surface area contributed by atoms with E-state index in [9.17, 15) is 18.0 Å². The first kappa shape index (κ1) is 27.3. The molecule has 0 bridgehead atoms. The van der Waals surface area contributed by atoms with Crippen molar-refractivity contribution < 1.29 is 18.0 Å². The summed E-state index contributed by atoms with van der Waals surface area (Å²) in [5.41, 5.74) is 8.56. The summed E-state index contributed by atoms with van der Waals surface area (Å²) < 4.78 is 44.2. The summed E-state index contributed by atoms with van der Waals surface area (Å²) in [4.78, 5) is 13.1. The van der Waals surface area contributed by atoms with Gasteiger partial charge in [0.15, 0.2) is 0 Å².